The maximum Gasteiger partial charge on any atom is 0.258 e. The van der Waals surface area contributed by atoms with Crippen LogP contribution in [0.5, 0.6) is 0 Å². The van der Waals surface area contributed by atoms with E-state index in [1.807, 2.05) is 18.2 Å². The second-order valence-electron chi connectivity index (χ2n) is 3.27. The zero-order valence-corrected chi connectivity index (χ0v) is 9.57. The van der Waals surface area contributed by atoms with Gasteiger partial charge in [-0.1, -0.05) is 15.9 Å². The van der Waals surface area contributed by atoms with Gasteiger partial charge in [-0.25, -0.2) is 0 Å². The van der Waals surface area contributed by atoms with Gasteiger partial charge in [-0.05, 0) is 29.7 Å². The molecule has 0 spiro atoms. The Balaban J connectivity index is 2.69. The first kappa shape index (κ1) is 10.4. The lowest BCUT2D eigenvalue weighted by Crippen LogP contribution is -2.20. The fourth-order valence-corrected chi connectivity index (χ4v) is 1.92. The van der Waals surface area contributed by atoms with Crippen molar-refractivity contribution in [3.63, 3.8) is 0 Å². The lowest BCUT2D eigenvalue weighted by molar-refractivity contribution is 0.274. The maximum atomic E-state index is 11.9. The number of rotatable bonds is 2. The van der Waals surface area contributed by atoms with Crippen molar-refractivity contribution < 1.29 is 5.11 Å². The number of aromatic nitrogens is 1. The van der Waals surface area contributed by atoms with Crippen LogP contribution in [-0.2, 0) is 6.54 Å². The Bertz CT molecular complexity index is 548. The van der Waals surface area contributed by atoms with Gasteiger partial charge >= 0.3 is 0 Å². The third kappa shape index (κ3) is 1.96. The summed E-state index contributed by atoms with van der Waals surface area (Å²) in [4.78, 5) is 11.9. The van der Waals surface area contributed by atoms with E-state index in [4.69, 9.17) is 5.11 Å². The molecule has 0 saturated heterocycles. The summed E-state index contributed by atoms with van der Waals surface area (Å²) >= 11 is 3.36. The molecule has 0 fully saturated rings. The normalized spacial score (nSPS) is 10.8. The molecule has 0 aliphatic carbocycles. The number of nitrogens with zero attached hydrogens (tertiary/aromatic N) is 1. The molecule has 0 unspecified atom stereocenters. The van der Waals surface area contributed by atoms with E-state index in [9.17, 15) is 4.79 Å². The molecule has 78 valence electrons. The first-order chi connectivity index (χ1) is 7.22. The Morgan fingerprint density at radius 2 is 2.13 bits per heavy atom. The van der Waals surface area contributed by atoms with Crippen LogP contribution in [0.3, 0.4) is 0 Å². The van der Waals surface area contributed by atoms with Crippen molar-refractivity contribution in [2.45, 2.75) is 6.54 Å². The SMILES string of the molecule is O=c1c2ccc(Br)cc2ccn1CCO. The molecule has 15 heavy (non-hydrogen) atoms. The molecule has 1 aromatic heterocycles. The second-order valence-corrected chi connectivity index (χ2v) is 4.19. The molecule has 0 aliphatic rings. The third-order valence-corrected chi connectivity index (χ3v) is 2.77. The summed E-state index contributed by atoms with van der Waals surface area (Å²) < 4.78 is 2.46. The Morgan fingerprint density at radius 3 is 2.87 bits per heavy atom. The average molecular weight is 268 g/mol. The van der Waals surface area contributed by atoms with Gasteiger partial charge < -0.3 is 9.67 Å². The second kappa shape index (κ2) is 4.16. The molecule has 2 aromatic rings. The minimum atomic E-state index is -0.0611. The molecule has 4 heteroatoms. The highest BCUT2D eigenvalue weighted by Crippen LogP contribution is 2.16. The van der Waals surface area contributed by atoms with Gasteiger partial charge in [0, 0.05) is 22.6 Å². The van der Waals surface area contributed by atoms with Crippen LogP contribution in [0.1, 0.15) is 0 Å². The molecule has 1 N–H and O–H groups in total. The van der Waals surface area contributed by atoms with Gasteiger partial charge in [0.05, 0.1) is 6.61 Å². The summed E-state index contributed by atoms with van der Waals surface area (Å²) in [5, 5.41) is 10.4. The summed E-state index contributed by atoms with van der Waals surface area (Å²) in [6, 6.07) is 7.40. The highest BCUT2D eigenvalue weighted by molar-refractivity contribution is 9.10. The molecule has 0 bridgehead atoms. The smallest absolute Gasteiger partial charge is 0.258 e. The molecule has 1 heterocycles. The standard InChI is InChI=1S/C11H10BrNO2/c12-9-1-2-10-8(7-9)3-4-13(5-6-14)11(10)15/h1-4,7,14H,5-6H2. The van der Waals surface area contributed by atoms with Gasteiger partial charge in [0.1, 0.15) is 0 Å². The average Bonchev–Trinajstić information content (AvgIpc) is 2.22. The van der Waals surface area contributed by atoms with Crippen molar-refractivity contribution in [2.24, 2.45) is 0 Å². The molecular formula is C11H10BrNO2. The highest BCUT2D eigenvalue weighted by Gasteiger charge is 2.02. The molecule has 3 nitrogen and oxygen atoms in total. The minimum absolute atomic E-state index is 0.0259. The predicted octanol–water partition coefficient (Wildman–Crippen LogP) is 1.76. The fourth-order valence-electron chi connectivity index (χ4n) is 1.54. The highest BCUT2D eigenvalue weighted by atomic mass is 79.9. The van der Waals surface area contributed by atoms with E-state index < -0.39 is 0 Å². The monoisotopic (exact) mass is 267 g/mol. The minimum Gasteiger partial charge on any atom is -0.395 e. The quantitative estimate of drug-likeness (QED) is 0.901. The van der Waals surface area contributed by atoms with E-state index >= 15 is 0 Å². The fraction of sp³-hybridized carbons (Fsp3) is 0.182. The van der Waals surface area contributed by atoms with Crippen molar-refractivity contribution in [3.05, 3.63) is 45.3 Å². The summed E-state index contributed by atoms with van der Waals surface area (Å²) in [6.07, 6.45) is 1.70. The Hall–Kier alpha value is -1.13. The van der Waals surface area contributed by atoms with E-state index in [-0.39, 0.29) is 12.2 Å². The van der Waals surface area contributed by atoms with Crippen LogP contribution < -0.4 is 5.56 Å². The predicted molar refractivity (Wildman–Crippen MR) is 63.0 cm³/mol. The molecule has 0 saturated carbocycles. The number of aliphatic hydroxyl groups is 1. The number of fused-ring (bicyclic) bond motifs is 1. The first-order valence-corrected chi connectivity index (χ1v) is 5.41. The number of hydrogen-bond acceptors (Lipinski definition) is 2. The Morgan fingerprint density at radius 1 is 1.33 bits per heavy atom. The molecule has 0 atom stereocenters. The van der Waals surface area contributed by atoms with Crippen LogP contribution in [0.15, 0.2) is 39.7 Å². The van der Waals surface area contributed by atoms with Gasteiger partial charge in [0.25, 0.3) is 5.56 Å². The third-order valence-electron chi connectivity index (χ3n) is 2.28. The topological polar surface area (TPSA) is 42.2 Å². The van der Waals surface area contributed by atoms with E-state index in [0.717, 1.165) is 9.86 Å². The zero-order valence-electron chi connectivity index (χ0n) is 7.98. The molecule has 1 aromatic carbocycles. The van der Waals surface area contributed by atoms with Crippen LogP contribution in [0.4, 0.5) is 0 Å². The first-order valence-electron chi connectivity index (χ1n) is 4.62. The summed E-state index contributed by atoms with van der Waals surface area (Å²) in [5.41, 5.74) is -0.0611. The Labute approximate surface area is 95.1 Å². The van der Waals surface area contributed by atoms with Gasteiger partial charge in [-0.15, -0.1) is 0 Å². The number of halogens is 1. The number of aliphatic hydroxyl groups excluding tert-OH is 1. The van der Waals surface area contributed by atoms with Gasteiger partial charge in [0.2, 0.25) is 0 Å². The summed E-state index contributed by atoms with van der Waals surface area (Å²) in [5.74, 6) is 0. The number of pyridine rings is 1. The van der Waals surface area contributed by atoms with Crippen molar-refractivity contribution in [2.75, 3.05) is 6.61 Å². The van der Waals surface area contributed by atoms with Crippen molar-refractivity contribution in [1.82, 2.24) is 4.57 Å². The largest absolute Gasteiger partial charge is 0.395 e. The molecule has 0 aliphatic heterocycles. The van der Waals surface area contributed by atoms with Gasteiger partial charge in [0.15, 0.2) is 0 Å². The molecule has 0 radical (unpaired) electrons. The zero-order chi connectivity index (χ0) is 10.8. The van der Waals surface area contributed by atoms with E-state index in [1.165, 1.54) is 4.57 Å². The lowest BCUT2D eigenvalue weighted by Gasteiger charge is -2.05. The van der Waals surface area contributed by atoms with Crippen molar-refractivity contribution in [3.8, 4) is 0 Å². The molecule has 2 rings (SSSR count). The van der Waals surface area contributed by atoms with Gasteiger partial charge in [-0.2, -0.15) is 0 Å². The van der Waals surface area contributed by atoms with E-state index in [1.54, 1.807) is 12.3 Å². The van der Waals surface area contributed by atoms with Crippen LogP contribution in [0.2, 0.25) is 0 Å². The van der Waals surface area contributed by atoms with Crippen LogP contribution in [-0.4, -0.2) is 16.3 Å². The van der Waals surface area contributed by atoms with E-state index in [0.29, 0.717) is 11.9 Å². The number of benzene rings is 1. The lowest BCUT2D eigenvalue weighted by atomic mass is 10.2. The van der Waals surface area contributed by atoms with Crippen LogP contribution in [0, 0.1) is 0 Å². The number of hydrogen-bond donors (Lipinski definition) is 1. The Kier molecular flexibility index (Phi) is 2.88. The molecule has 0 amide bonds. The summed E-state index contributed by atoms with van der Waals surface area (Å²) in [7, 11) is 0. The van der Waals surface area contributed by atoms with E-state index in [2.05, 4.69) is 15.9 Å². The van der Waals surface area contributed by atoms with Crippen LogP contribution >= 0.6 is 15.9 Å². The van der Waals surface area contributed by atoms with Crippen molar-refractivity contribution in [1.29, 1.82) is 0 Å². The van der Waals surface area contributed by atoms with Gasteiger partial charge in [-0.3, -0.25) is 4.79 Å². The van der Waals surface area contributed by atoms with Crippen LogP contribution in [0.25, 0.3) is 10.8 Å². The maximum absolute atomic E-state index is 11.9. The van der Waals surface area contributed by atoms with Crippen molar-refractivity contribution >= 4 is 26.7 Å². The summed E-state index contributed by atoms with van der Waals surface area (Å²) in [6.45, 7) is 0.312. The molecular weight excluding hydrogens is 258 g/mol.